The standard InChI is InChI=1S/C21H25N3O4S/c1-4-13-22-29(27,28)19-11-7-17(8-12-19)21(26)24-18-9-5-16(6-10-18)14-20(25)23-15(2)3/h4-12,15,22H,1,13-14H2,2-3H3,(H,23,25)(H,24,26). The van der Waals surface area contributed by atoms with E-state index < -0.39 is 10.0 Å². The number of hydrogen-bond donors (Lipinski definition) is 3. The van der Waals surface area contributed by atoms with Gasteiger partial charge in [-0.15, -0.1) is 6.58 Å². The van der Waals surface area contributed by atoms with Gasteiger partial charge >= 0.3 is 0 Å². The summed E-state index contributed by atoms with van der Waals surface area (Å²) >= 11 is 0. The lowest BCUT2D eigenvalue weighted by atomic mass is 10.1. The highest BCUT2D eigenvalue weighted by Gasteiger charge is 2.14. The van der Waals surface area contributed by atoms with Crippen LogP contribution in [0.15, 0.2) is 66.1 Å². The van der Waals surface area contributed by atoms with Crippen molar-refractivity contribution in [1.29, 1.82) is 0 Å². The maximum absolute atomic E-state index is 12.4. The fourth-order valence-electron chi connectivity index (χ4n) is 2.51. The predicted octanol–water partition coefficient (Wildman–Crippen LogP) is 2.47. The van der Waals surface area contributed by atoms with Gasteiger partial charge in [-0.05, 0) is 55.8 Å². The zero-order chi connectivity index (χ0) is 21.4. The van der Waals surface area contributed by atoms with Crippen LogP contribution >= 0.6 is 0 Å². The highest BCUT2D eigenvalue weighted by atomic mass is 32.2. The Hall–Kier alpha value is -2.97. The molecule has 0 aliphatic heterocycles. The molecular formula is C21H25N3O4S. The van der Waals surface area contributed by atoms with Crippen molar-refractivity contribution >= 4 is 27.5 Å². The van der Waals surface area contributed by atoms with E-state index in [1.807, 2.05) is 13.8 Å². The van der Waals surface area contributed by atoms with Crippen LogP contribution in [0.4, 0.5) is 5.69 Å². The van der Waals surface area contributed by atoms with Gasteiger partial charge in [-0.3, -0.25) is 9.59 Å². The number of hydrogen-bond acceptors (Lipinski definition) is 4. The largest absolute Gasteiger partial charge is 0.354 e. The lowest BCUT2D eigenvalue weighted by Crippen LogP contribution is -2.31. The topological polar surface area (TPSA) is 104 Å². The number of carbonyl (C=O) groups is 2. The van der Waals surface area contributed by atoms with Crippen LogP contribution in [0.2, 0.25) is 0 Å². The minimum Gasteiger partial charge on any atom is -0.354 e. The molecule has 2 aromatic rings. The van der Waals surface area contributed by atoms with E-state index >= 15 is 0 Å². The molecule has 3 N–H and O–H groups in total. The van der Waals surface area contributed by atoms with Crippen LogP contribution in [0.25, 0.3) is 0 Å². The smallest absolute Gasteiger partial charge is 0.255 e. The summed E-state index contributed by atoms with van der Waals surface area (Å²) in [7, 11) is -3.63. The maximum atomic E-state index is 12.4. The zero-order valence-electron chi connectivity index (χ0n) is 16.4. The van der Waals surface area contributed by atoms with Gasteiger partial charge in [-0.1, -0.05) is 18.2 Å². The monoisotopic (exact) mass is 415 g/mol. The van der Waals surface area contributed by atoms with Crippen molar-refractivity contribution in [3.8, 4) is 0 Å². The first-order valence-corrected chi connectivity index (χ1v) is 10.6. The van der Waals surface area contributed by atoms with E-state index in [4.69, 9.17) is 0 Å². The second-order valence-electron chi connectivity index (χ2n) is 6.71. The third-order valence-corrected chi connectivity index (χ3v) is 5.31. The second-order valence-corrected chi connectivity index (χ2v) is 8.48. The Bertz CT molecular complexity index is 966. The van der Waals surface area contributed by atoms with Crippen LogP contribution in [0, 0.1) is 0 Å². The van der Waals surface area contributed by atoms with Crippen molar-refractivity contribution in [1.82, 2.24) is 10.0 Å². The molecule has 0 heterocycles. The van der Waals surface area contributed by atoms with E-state index in [0.29, 0.717) is 11.3 Å². The molecule has 7 nitrogen and oxygen atoms in total. The molecule has 2 aromatic carbocycles. The number of anilines is 1. The average Bonchev–Trinajstić information content (AvgIpc) is 2.67. The first kappa shape index (κ1) is 22.3. The minimum atomic E-state index is -3.63. The quantitative estimate of drug-likeness (QED) is 0.547. The molecule has 0 atom stereocenters. The summed E-state index contributed by atoms with van der Waals surface area (Å²) in [6.45, 7) is 7.39. The normalized spacial score (nSPS) is 11.1. The first-order valence-electron chi connectivity index (χ1n) is 9.11. The lowest BCUT2D eigenvalue weighted by molar-refractivity contribution is -0.120. The molecule has 0 aliphatic rings. The molecule has 0 aromatic heterocycles. The summed E-state index contributed by atoms with van der Waals surface area (Å²) in [5.41, 5.74) is 1.74. The molecule has 2 amide bonds. The maximum Gasteiger partial charge on any atom is 0.255 e. The van der Waals surface area contributed by atoms with Crippen LogP contribution in [-0.4, -0.2) is 32.8 Å². The molecule has 0 bridgehead atoms. The van der Waals surface area contributed by atoms with E-state index in [0.717, 1.165) is 5.56 Å². The number of rotatable bonds is 9. The fraction of sp³-hybridized carbons (Fsp3) is 0.238. The van der Waals surface area contributed by atoms with E-state index in [2.05, 4.69) is 21.9 Å². The summed E-state index contributed by atoms with van der Waals surface area (Å²) in [5.74, 6) is -0.423. The van der Waals surface area contributed by atoms with Gasteiger partial charge in [-0.25, -0.2) is 13.1 Å². The summed E-state index contributed by atoms with van der Waals surface area (Å²) in [6, 6.07) is 12.7. The Morgan fingerprint density at radius 1 is 1.03 bits per heavy atom. The summed E-state index contributed by atoms with van der Waals surface area (Å²) in [4.78, 5) is 24.2. The van der Waals surface area contributed by atoms with Gasteiger partial charge < -0.3 is 10.6 Å². The number of benzene rings is 2. The van der Waals surface area contributed by atoms with Crippen LogP contribution in [-0.2, 0) is 21.2 Å². The van der Waals surface area contributed by atoms with Crippen molar-refractivity contribution in [2.45, 2.75) is 31.2 Å². The molecule has 0 saturated heterocycles. The SMILES string of the molecule is C=CCNS(=O)(=O)c1ccc(C(=O)Nc2ccc(CC(=O)NC(C)C)cc2)cc1. The van der Waals surface area contributed by atoms with Gasteiger partial charge in [0, 0.05) is 23.8 Å². The Morgan fingerprint density at radius 3 is 2.21 bits per heavy atom. The molecule has 0 fully saturated rings. The third kappa shape index (κ3) is 6.85. The van der Waals surface area contributed by atoms with Crippen molar-refractivity contribution < 1.29 is 18.0 Å². The molecule has 0 aliphatic carbocycles. The Labute approximate surface area is 171 Å². The van der Waals surface area contributed by atoms with E-state index in [1.165, 1.54) is 30.3 Å². The van der Waals surface area contributed by atoms with Gasteiger partial charge in [0.2, 0.25) is 15.9 Å². The van der Waals surface area contributed by atoms with E-state index in [9.17, 15) is 18.0 Å². The summed E-state index contributed by atoms with van der Waals surface area (Å²) < 4.78 is 26.5. The van der Waals surface area contributed by atoms with Gasteiger partial charge in [0.05, 0.1) is 11.3 Å². The van der Waals surface area contributed by atoms with Gasteiger partial charge in [0.15, 0.2) is 0 Å². The number of sulfonamides is 1. The van der Waals surface area contributed by atoms with E-state index in [1.54, 1.807) is 24.3 Å². The van der Waals surface area contributed by atoms with Crippen molar-refractivity contribution in [2.24, 2.45) is 0 Å². The summed E-state index contributed by atoms with van der Waals surface area (Å²) in [5, 5.41) is 5.57. The molecule has 0 unspecified atom stereocenters. The van der Waals surface area contributed by atoms with Crippen LogP contribution in [0.3, 0.4) is 0 Å². The molecule has 154 valence electrons. The highest BCUT2D eigenvalue weighted by molar-refractivity contribution is 7.89. The number of nitrogens with one attached hydrogen (secondary N) is 3. The van der Waals surface area contributed by atoms with Gasteiger partial charge in [0.25, 0.3) is 5.91 Å². The highest BCUT2D eigenvalue weighted by Crippen LogP contribution is 2.14. The first-order chi connectivity index (χ1) is 13.7. The average molecular weight is 416 g/mol. The van der Waals surface area contributed by atoms with Crippen molar-refractivity contribution in [3.05, 3.63) is 72.3 Å². The van der Waals surface area contributed by atoms with Crippen LogP contribution in [0.1, 0.15) is 29.8 Å². The van der Waals surface area contributed by atoms with Crippen molar-refractivity contribution in [3.63, 3.8) is 0 Å². The minimum absolute atomic E-state index is 0.0607. The second kappa shape index (κ2) is 9.99. The number of amides is 2. The third-order valence-electron chi connectivity index (χ3n) is 3.87. The lowest BCUT2D eigenvalue weighted by Gasteiger charge is -2.10. The fourth-order valence-corrected chi connectivity index (χ4v) is 3.50. The van der Waals surface area contributed by atoms with Crippen molar-refractivity contribution in [2.75, 3.05) is 11.9 Å². The molecule has 0 radical (unpaired) electrons. The Balaban J connectivity index is 1.99. The van der Waals surface area contributed by atoms with Gasteiger partial charge in [0.1, 0.15) is 0 Å². The molecule has 0 saturated carbocycles. The van der Waals surface area contributed by atoms with Crippen LogP contribution < -0.4 is 15.4 Å². The molecule has 29 heavy (non-hydrogen) atoms. The van der Waals surface area contributed by atoms with Crippen LogP contribution in [0.5, 0.6) is 0 Å². The molecule has 0 spiro atoms. The van der Waals surface area contributed by atoms with E-state index in [-0.39, 0.29) is 35.7 Å². The Morgan fingerprint density at radius 2 is 1.66 bits per heavy atom. The molecule has 8 heteroatoms. The molecule has 2 rings (SSSR count). The predicted molar refractivity (Wildman–Crippen MR) is 113 cm³/mol. The zero-order valence-corrected chi connectivity index (χ0v) is 17.3. The Kier molecular flexibility index (Phi) is 7.69. The number of carbonyl (C=O) groups excluding carboxylic acids is 2. The van der Waals surface area contributed by atoms with Gasteiger partial charge in [-0.2, -0.15) is 0 Å². The molecular weight excluding hydrogens is 390 g/mol. The summed E-state index contributed by atoms with van der Waals surface area (Å²) in [6.07, 6.45) is 1.71.